The molecule has 0 bridgehead atoms. The Hall–Kier alpha value is -2.93. The maximum atomic E-state index is 13.1. The van der Waals surface area contributed by atoms with Crippen LogP contribution in [0.25, 0.3) is 11.1 Å². The van der Waals surface area contributed by atoms with Gasteiger partial charge in [0.2, 0.25) is 5.91 Å². The molecule has 3 rings (SSSR count). The third kappa shape index (κ3) is 4.25. The molecule has 0 unspecified atom stereocenters. The molecule has 0 spiro atoms. The Morgan fingerprint density at radius 2 is 2.04 bits per heavy atom. The predicted octanol–water partition coefficient (Wildman–Crippen LogP) is 2.62. The predicted molar refractivity (Wildman–Crippen MR) is 101 cm³/mol. The van der Waals surface area contributed by atoms with E-state index < -0.39 is 5.76 Å². The van der Waals surface area contributed by atoms with Crippen LogP contribution in [0.4, 0.5) is 0 Å². The van der Waals surface area contributed by atoms with Crippen molar-refractivity contribution >= 4 is 17.0 Å². The number of ether oxygens (including phenoxy) is 1. The normalized spacial score (nSPS) is 12.2. The molecule has 142 valence electrons. The maximum Gasteiger partial charge on any atom is 0.420 e. The van der Waals surface area contributed by atoms with Crippen molar-refractivity contribution in [3.05, 3.63) is 64.9 Å². The molecule has 3 aromatic rings. The molecule has 0 saturated heterocycles. The second kappa shape index (κ2) is 8.64. The summed E-state index contributed by atoms with van der Waals surface area (Å²) in [6.45, 7) is 2.91. The second-order valence-electron chi connectivity index (χ2n) is 6.29. The molecule has 0 N–H and O–H groups in total. The zero-order valence-electron chi connectivity index (χ0n) is 15.5. The molecule has 1 amide bonds. The second-order valence-corrected chi connectivity index (χ2v) is 6.29. The number of methoxy groups -OCH3 is 1. The minimum absolute atomic E-state index is 0.0833. The summed E-state index contributed by atoms with van der Waals surface area (Å²) < 4.78 is 11.7. The van der Waals surface area contributed by atoms with Gasteiger partial charge in [-0.05, 0) is 37.6 Å². The fraction of sp³-hybridized carbons (Fsp3) is 0.350. The van der Waals surface area contributed by atoms with E-state index in [1.54, 1.807) is 36.4 Å². The Morgan fingerprint density at radius 1 is 1.26 bits per heavy atom. The number of fused-ring (bicyclic) bond motifs is 1. The summed E-state index contributed by atoms with van der Waals surface area (Å²) in [5.41, 5.74) is 1.88. The van der Waals surface area contributed by atoms with Gasteiger partial charge in [-0.1, -0.05) is 18.2 Å². The molecular weight excluding hydrogens is 346 g/mol. The van der Waals surface area contributed by atoms with Crippen molar-refractivity contribution in [3.8, 4) is 0 Å². The average molecular weight is 369 g/mol. The summed E-state index contributed by atoms with van der Waals surface area (Å²) in [6.07, 6.45) is 2.40. The van der Waals surface area contributed by atoms with Crippen LogP contribution in [-0.4, -0.2) is 40.6 Å². The van der Waals surface area contributed by atoms with Crippen molar-refractivity contribution in [3.63, 3.8) is 0 Å². The molecule has 0 fully saturated rings. The molecule has 0 aliphatic carbocycles. The van der Waals surface area contributed by atoms with Gasteiger partial charge in [-0.25, -0.2) is 4.79 Å². The molecule has 1 atom stereocenters. The van der Waals surface area contributed by atoms with Gasteiger partial charge in [-0.15, -0.1) is 0 Å². The minimum Gasteiger partial charge on any atom is -0.408 e. The first-order valence-electron chi connectivity index (χ1n) is 8.89. The Balaban J connectivity index is 1.85. The van der Waals surface area contributed by atoms with Crippen LogP contribution < -0.4 is 5.76 Å². The SMILES string of the molecule is COCCCN(C(=O)Cn1c(=O)oc2ccccc21)[C@@H](C)c1ccccn1. The van der Waals surface area contributed by atoms with E-state index in [-0.39, 0.29) is 18.5 Å². The topological polar surface area (TPSA) is 77.6 Å². The number of benzene rings is 1. The standard InChI is InChI=1S/C20H23N3O4/c1-15(16-8-5-6-11-21-16)22(12-7-13-26-2)19(24)14-23-17-9-3-4-10-18(17)27-20(23)25/h3-6,8-11,15H,7,12-14H2,1-2H3/t15-/m0/s1. The Kier molecular flexibility index (Phi) is 6.03. The van der Waals surface area contributed by atoms with Crippen molar-refractivity contribution in [2.75, 3.05) is 20.3 Å². The van der Waals surface area contributed by atoms with Gasteiger partial charge in [-0.3, -0.25) is 14.3 Å². The number of aromatic nitrogens is 2. The van der Waals surface area contributed by atoms with Gasteiger partial charge in [0.05, 0.1) is 17.3 Å². The molecule has 7 nitrogen and oxygen atoms in total. The van der Waals surface area contributed by atoms with Crippen LogP contribution in [0.15, 0.2) is 57.9 Å². The van der Waals surface area contributed by atoms with Crippen LogP contribution in [0.5, 0.6) is 0 Å². The molecule has 7 heteroatoms. The molecule has 1 aromatic carbocycles. The number of rotatable bonds is 8. The molecule has 2 aromatic heterocycles. The molecule has 0 saturated carbocycles. The van der Waals surface area contributed by atoms with Crippen LogP contribution in [0.3, 0.4) is 0 Å². The first-order valence-corrected chi connectivity index (χ1v) is 8.89. The Bertz CT molecular complexity index is 949. The first kappa shape index (κ1) is 18.8. The van der Waals surface area contributed by atoms with Crippen molar-refractivity contribution in [1.29, 1.82) is 0 Å². The first-order chi connectivity index (χ1) is 13.1. The fourth-order valence-corrected chi connectivity index (χ4v) is 3.09. The third-order valence-electron chi connectivity index (χ3n) is 4.52. The molecular formula is C20H23N3O4. The fourth-order valence-electron chi connectivity index (χ4n) is 3.09. The Labute approximate surface area is 157 Å². The Morgan fingerprint density at radius 3 is 2.78 bits per heavy atom. The average Bonchev–Trinajstić information content (AvgIpc) is 3.01. The van der Waals surface area contributed by atoms with Gasteiger partial charge in [0.25, 0.3) is 0 Å². The van der Waals surface area contributed by atoms with E-state index in [1.165, 1.54) is 4.57 Å². The molecule has 27 heavy (non-hydrogen) atoms. The van der Waals surface area contributed by atoms with Gasteiger partial charge in [0, 0.05) is 26.5 Å². The van der Waals surface area contributed by atoms with E-state index >= 15 is 0 Å². The zero-order valence-corrected chi connectivity index (χ0v) is 15.5. The van der Waals surface area contributed by atoms with Crippen molar-refractivity contribution in [2.24, 2.45) is 0 Å². The monoisotopic (exact) mass is 369 g/mol. The highest BCUT2D eigenvalue weighted by Gasteiger charge is 2.24. The van der Waals surface area contributed by atoms with E-state index in [9.17, 15) is 9.59 Å². The molecule has 0 radical (unpaired) electrons. The van der Waals surface area contributed by atoms with Gasteiger partial charge >= 0.3 is 5.76 Å². The number of amides is 1. The third-order valence-corrected chi connectivity index (χ3v) is 4.52. The van der Waals surface area contributed by atoms with Gasteiger partial charge in [-0.2, -0.15) is 0 Å². The van der Waals surface area contributed by atoms with E-state index in [1.807, 2.05) is 31.2 Å². The highest BCUT2D eigenvalue weighted by Crippen LogP contribution is 2.20. The lowest BCUT2D eigenvalue weighted by Crippen LogP contribution is -2.38. The lowest BCUT2D eigenvalue weighted by Gasteiger charge is -2.29. The number of carbonyl (C=O) groups excluding carboxylic acids is 1. The van der Waals surface area contributed by atoms with Crippen LogP contribution in [0.2, 0.25) is 0 Å². The molecule has 0 aliphatic rings. The number of nitrogens with zero attached hydrogens (tertiary/aromatic N) is 3. The van der Waals surface area contributed by atoms with Crippen LogP contribution >= 0.6 is 0 Å². The minimum atomic E-state index is -0.535. The number of para-hydroxylation sites is 2. The van der Waals surface area contributed by atoms with E-state index in [0.29, 0.717) is 30.7 Å². The highest BCUT2D eigenvalue weighted by molar-refractivity contribution is 5.80. The number of hydrogen-bond acceptors (Lipinski definition) is 5. The van der Waals surface area contributed by atoms with E-state index in [0.717, 1.165) is 5.69 Å². The summed E-state index contributed by atoms with van der Waals surface area (Å²) in [5.74, 6) is -0.704. The summed E-state index contributed by atoms with van der Waals surface area (Å²) >= 11 is 0. The van der Waals surface area contributed by atoms with E-state index in [4.69, 9.17) is 9.15 Å². The van der Waals surface area contributed by atoms with Crippen molar-refractivity contribution in [1.82, 2.24) is 14.5 Å². The summed E-state index contributed by atoms with van der Waals surface area (Å²) in [6, 6.07) is 12.5. The lowest BCUT2D eigenvalue weighted by atomic mass is 10.1. The zero-order chi connectivity index (χ0) is 19.2. The van der Waals surface area contributed by atoms with Gasteiger partial charge in [0.15, 0.2) is 5.58 Å². The quantitative estimate of drug-likeness (QED) is 0.571. The summed E-state index contributed by atoms with van der Waals surface area (Å²) in [4.78, 5) is 31.4. The van der Waals surface area contributed by atoms with E-state index in [2.05, 4.69) is 4.98 Å². The van der Waals surface area contributed by atoms with Crippen LogP contribution in [0.1, 0.15) is 25.1 Å². The van der Waals surface area contributed by atoms with Crippen LogP contribution in [-0.2, 0) is 16.1 Å². The summed E-state index contributed by atoms with van der Waals surface area (Å²) in [5, 5.41) is 0. The summed E-state index contributed by atoms with van der Waals surface area (Å²) in [7, 11) is 1.63. The van der Waals surface area contributed by atoms with Crippen molar-refractivity contribution < 1.29 is 13.9 Å². The number of oxazole rings is 1. The van der Waals surface area contributed by atoms with Crippen LogP contribution in [0, 0.1) is 0 Å². The number of pyridine rings is 1. The molecule has 0 aliphatic heterocycles. The number of carbonyl (C=O) groups is 1. The largest absolute Gasteiger partial charge is 0.420 e. The van der Waals surface area contributed by atoms with Gasteiger partial charge in [0.1, 0.15) is 6.54 Å². The number of hydrogen-bond donors (Lipinski definition) is 0. The lowest BCUT2D eigenvalue weighted by molar-refractivity contribution is -0.134. The smallest absolute Gasteiger partial charge is 0.408 e. The maximum absolute atomic E-state index is 13.1. The highest BCUT2D eigenvalue weighted by atomic mass is 16.5. The van der Waals surface area contributed by atoms with Gasteiger partial charge < -0.3 is 14.1 Å². The molecule has 2 heterocycles. The van der Waals surface area contributed by atoms with Crippen molar-refractivity contribution in [2.45, 2.75) is 25.9 Å².